The van der Waals surface area contributed by atoms with Crippen molar-refractivity contribution in [1.29, 1.82) is 0 Å². The molecule has 0 spiro atoms. The number of nitrogens with zero attached hydrogens (tertiary/aromatic N) is 1. The Bertz CT molecular complexity index is 936. The summed E-state index contributed by atoms with van der Waals surface area (Å²) in [7, 11) is -3.57. The third-order valence-corrected chi connectivity index (χ3v) is 7.45. The second kappa shape index (κ2) is 8.46. The molecule has 7 heteroatoms. The van der Waals surface area contributed by atoms with Crippen molar-refractivity contribution in [2.75, 3.05) is 24.7 Å². The molecular weight excluding hydrogens is 380 g/mol. The number of para-hydroxylation sites is 1. The van der Waals surface area contributed by atoms with Gasteiger partial charge in [0.15, 0.2) is 0 Å². The molecule has 0 saturated carbocycles. The van der Waals surface area contributed by atoms with E-state index < -0.39 is 10.0 Å². The average molecular weight is 405 g/mol. The van der Waals surface area contributed by atoms with Gasteiger partial charge >= 0.3 is 0 Å². The number of hydrogen-bond acceptors (Lipinski definition) is 4. The van der Waals surface area contributed by atoms with E-state index in [1.807, 2.05) is 37.4 Å². The Kier molecular flexibility index (Phi) is 6.24. The molecule has 1 fully saturated rings. The van der Waals surface area contributed by atoms with Gasteiger partial charge in [0, 0.05) is 23.5 Å². The van der Waals surface area contributed by atoms with Crippen LogP contribution in [-0.4, -0.2) is 38.0 Å². The minimum atomic E-state index is -3.57. The number of rotatable bonds is 5. The highest BCUT2D eigenvalue weighted by atomic mass is 32.2. The van der Waals surface area contributed by atoms with Crippen LogP contribution < -0.4 is 5.32 Å². The SMILES string of the molecule is CSc1ccccc1NC(=O)c1cc(S(=O)(=O)N2CCCCC2)ccc1C. The largest absolute Gasteiger partial charge is 0.321 e. The van der Waals surface area contributed by atoms with E-state index in [0.29, 0.717) is 18.7 Å². The number of piperidine rings is 1. The highest BCUT2D eigenvalue weighted by Gasteiger charge is 2.27. The molecule has 0 radical (unpaired) electrons. The average Bonchev–Trinajstić information content (AvgIpc) is 2.69. The molecule has 1 heterocycles. The van der Waals surface area contributed by atoms with Crippen molar-refractivity contribution in [3.8, 4) is 0 Å². The summed E-state index contributed by atoms with van der Waals surface area (Å²) in [6.45, 7) is 2.89. The first-order chi connectivity index (χ1) is 12.9. The molecule has 0 aromatic heterocycles. The lowest BCUT2D eigenvalue weighted by Gasteiger charge is -2.26. The Labute approximate surface area is 165 Å². The number of thioether (sulfide) groups is 1. The minimum Gasteiger partial charge on any atom is -0.321 e. The van der Waals surface area contributed by atoms with E-state index in [2.05, 4.69) is 5.32 Å². The van der Waals surface area contributed by atoms with E-state index in [1.54, 1.807) is 23.9 Å². The third kappa shape index (κ3) is 4.36. The normalized spacial score (nSPS) is 15.5. The van der Waals surface area contributed by atoms with Crippen LogP contribution in [0.1, 0.15) is 35.2 Å². The quantitative estimate of drug-likeness (QED) is 0.761. The summed E-state index contributed by atoms with van der Waals surface area (Å²) in [5.41, 5.74) is 1.84. The van der Waals surface area contributed by atoms with Gasteiger partial charge in [-0.1, -0.05) is 24.6 Å². The van der Waals surface area contributed by atoms with Crippen LogP contribution in [0, 0.1) is 6.92 Å². The molecule has 5 nitrogen and oxygen atoms in total. The molecule has 1 N–H and O–H groups in total. The van der Waals surface area contributed by atoms with Gasteiger partial charge in [0.05, 0.1) is 10.6 Å². The third-order valence-electron chi connectivity index (χ3n) is 4.76. The number of aryl methyl sites for hydroxylation is 1. The monoisotopic (exact) mass is 404 g/mol. The van der Waals surface area contributed by atoms with Crippen LogP contribution >= 0.6 is 11.8 Å². The number of carbonyl (C=O) groups excluding carboxylic acids is 1. The van der Waals surface area contributed by atoms with E-state index >= 15 is 0 Å². The molecule has 0 unspecified atom stereocenters. The van der Waals surface area contributed by atoms with Crippen molar-refractivity contribution in [2.45, 2.75) is 36.0 Å². The fraction of sp³-hybridized carbons (Fsp3) is 0.350. The summed E-state index contributed by atoms with van der Waals surface area (Å²) in [6.07, 6.45) is 4.76. The zero-order valence-electron chi connectivity index (χ0n) is 15.6. The molecule has 0 bridgehead atoms. The number of amides is 1. The van der Waals surface area contributed by atoms with Crippen molar-refractivity contribution >= 4 is 33.4 Å². The Hall–Kier alpha value is -1.83. The molecule has 1 aliphatic heterocycles. The van der Waals surface area contributed by atoms with Gasteiger partial charge in [-0.15, -0.1) is 11.8 Å². The summed E-state index contributed by atoms with van der Waals surface area (Å²) in [4.78, 5) is 14.0. The van der Waals surface area contributed by atoms with E-state index in [0.717, 1.165) is 35.4 Å². The number of sulfonamides is 1. The zero-order valence-corrected chi connectivity index (χ0v) is 17.2. The molecule has 1 saturated heterocycles. The van der Waals surface area contributed by atoms with Gasteiger partial charge < -0.3 is 5.32 Å². The summed E-state index contributed by atoms with van der Waals surface area (Å²) in [6, 6.07) is 12.3. The molecule has 144 valence electrons. The second-order valence-corrected chi connectivity index (χ2v) is 9.38. The molecule has 0 aliphatic carbocycles. The van der Waals surface area contributed by atoms with Crippen LogP contribution in [0.5, 0.6) is 0 Å². The van der Waals surface area contributed by atoms with E-state index in [-0.39, 0.29) is 10.8 Å². The van der Waals surface area contributed by atoms with Crippen molar-refractivity contribution in [2.24, 2.45) is 0 Å². The molecule has 27 heavy (non-hydrogen) atoms. The number of carbonyl (C=O) groups is 1. The van der Waals surface area contributed by atoms with Gasteiger partial charge in [-0.25, -0.2) is 8.42 Å². The molecule has 0 atom stereocenters. The van der Waals surface area contributed by atoms with Gasteiger partial charge in [0.1, 0.15) is 0 Å². The maximum atomic E-state index is 12.9. The van der Waals surface area contributed by atoms with Crippen molar-refractivity contribution in [1.82, 2.24) is 4.31 Å². The first-order valence-electron chi connectivity index (χ1n) is 8.98. The van der Waals surface area contributed by atoms with Crippen LogP contribution in [0.3, 0.4) is 0 Å². The summed E-state index contributed by atoms with van der Waals surface area (Å²) in [5.74, 6) is -0.301. The first kappa shape index (κ1) is 19.9. The Balaban J connectivity index is 1.90. The van der Waals surface area contributed by atoms with Crippen LogP contribution in [0.4, 0.5) is 5.69 Å². The molecule has 1 amide bonds. The van der Waals surface area contributed by atoms with Crippen LogP contribution in [0.25, 0.3) is 0 Å². The first-order valence-corrected chi connectivity index (χ1v) is 11.6. The van der Waals surface area contributed by atoms with Crippen molar-refractivity contribution < 1.29 is 13.2 Å². The van der Waals surface area contributed by atoms with Crippen LogP contribution in [0.2, 0.25) is 0 Å². The topological polar surface area (TPSA) is 66.5 Å². The lowest BCUT2D eigenvalue weighted by Crippen LogP contribution is -2.35. The lowest BCUT2D eigenvalue weighted by atomic mass is 10.1. The summed E-state index contributed by atoms with van der Waals surface area (Å²) < 4.78 is 27.4. The van der Waals surface area contributed by atoms with E-state index in [1.165, 1.54) is 10.4 Å². The Morgan fingerprint density at radius 1 is 1.07 bits per heavy atom. The Morgan fingerprint density at radius 2 is 1.78 bits per heavy atom. The maximum absolute atomic E-state index is 12.9. The van der Waals surface area contributed by atoms with Gasteiger partial charge in [-0.05, 0) is 55.9 Å². The molecule has 2 aromatic carbocycles. The van der Waals surface area contributed by atoms with Crippen LogP contribution in [0.15, 0.2) is 52.3 Å². The number of benzene rings is 2. The molecular formula is C20H24N2O3S2. The van der Waals surface area contributed by atoms with Gasteiger partial charge in [-0.2, -0.15) is 4.31 Å². The molecule has 2 aromatic rings. The fourth-order valence-electron chi connectivity index (χ4n) is 3.20. The predicted molar refractivity (Wildman–Crippen MR) is 110 cm³/mol. The smallest absolute Gasteiger partial charge is 0.256 e. The molecule has 3 rings (SSSR count). The van der Waals surface area contributed by atoms with Crippen molar-refractivity contribution in [3.05, 3.63) is 53.6 Å². The zero-order chi connectivity index (χ0) is 19.4. The summed E-state index contributed by atoms with van der Waals surface area (Å²) in [5, 5.41) is 2.91. The van der Waals surface area contributed by atoms with E-state index in [9.17, 15) is 13.2 Å². The van der Waals surface area contributed by atoms with Crippen LogP contribution in [-0.2, 0) is 10.0 Å². The van der Waals surface area contributed by atoms with E-state index in [4.69, 9.17) is 0 Å². The van der Waals surface area contributed by atoms with Gasteiger partial charge in [-0.3, -0.25) is 4.79 Å². The number of hydrogen-bond donors (Lipinski definition) is 1. The van der Waals surface area contributed by atoms with Gasteiger partial charge in [0.2, 0.25) is 10.0 Å². The molecule has 1 aliphatic rings. The fourth-order valence-corrected chi connectivity index (χ4v) is 5.30. The van der Waals surface area contributed by atoms with Gasteiger partial charge in [0.25, 0.3) is 5.91 Å². The lowest BCUT2D eigenvalue weighted by molar-refractivity contribution is 0.102. The minimum absolute atomic E-state index is 0.179. The predicted octanol–water partition coefficient (Wildman–Crippen LogP) is 4.14. The second-order valence-electron chi connectivity index (χ2n) is 6.60. The standard InChI is InChI=1S/C20H24N2O3S2/c1-15-10-11-16(27(24,25)22-12-6-3-7-13-22)14-17(15)20(23)21-18-8-4-5-9-19(18)26-2/h4-5,8-11,14H,3,6-7,12-13H2,1-2H3,(H,21,23). The Morgan fingerprint density at radius 3 is 2.48 bits per heavy atom. The number of nitrogens with one attached hydrogen (secondary N) is 1. The highest BCUT2D eigenvalue weighted by Crippen LogP contribution is 2.27. The van der Waals surface area contributed by atoms with Crippen molar-refractivity contribution in [3.63, 3.8) is 0 Å². The maximum Gasteiger partial charge on any atom is 0.256 e. The summed E-state index contributed by atoms with van der Waals surface area (Å²) >= 11 is 1.55. The number of anilines is 1. The highest BCUT2D eigenvalue weighted by molar-refractivity contribution is 7.98.